The fourth-order valence-electron chi connectivity index (χ4n) is 1.04. The molecule has 0 aliphatic carbocycles. The lowest BCUT2D eigenvalue weighted by atomic mass is 10.4. The average molecular weight is 210 g/mol. The molecule has 5 heteroatoms. The third-order valence-corrected chi connectivity index (χ3v) is 2.60. The van der Waals surface area contributed by atoms with Crippen LogP contribution >= 0.6 is 22.9 Å². The summed E-state index contributed by atoms with van der Waals surface area (Å²) in [6, 6.07) is 1.91. The van der Waals surface area contributed by atoms with Gasteiger partial charge in [-0.05, 0) is 6.08 Å². The van der Waals surface area contributed by atoms with Gasteiger partial charge in [0.2, 0.25) is 0 Å². The topological polar surface area (TPSA) is 41.1 Å². The van der Waals surface area contributed by atoms with Gasteiger partial charge in [0.25, 0.3) is 0 Å². The Bertz CT molecular complexity index is 503. The number of halogens is 1. The van der Waals surface area contributed by atoms with E-state index in [9.17, 15) is 0 Å². The van der Waals surface area contributed by atoms with E-state index in [-0.39, 0.29) is 0 Å². The van der Waals surface area contributed by atoms with Gasteiger partial charge in [0.1, 0.15) is 0 Å². The highest BCUT2D eigenvalue weighted by molar-refractivity contribution is 7.15. The van der Waals surface area contributed by atoms with Crippen molar-refractivity contribution in [2.45, 2.75) is 0 Å². The molecule has 2 heterocycles. The molecule has 0 saturated heterocycles. The number of rotatable bonds is 1. The molecule has 0 unspecified atom stereocenters. The van der Waals surface area contributed by atoms with E-state index in [1.165, 1.54) is 17.4 Å². The Kier molecular flexibility index (Phi) is 2.05. The minimum Gasteiger partial charge on any atom is -0.289 e. The lowest BCUT2D eigenvalue weighted by Crippen LogP contribution is -1.79. The summed E-state index contributed by atoms with van der Waals surface area (Å²) < 4.78 is 1.85. The highest BCUT2D eigenvalue weighted by Gasteiger charge is 2.07. The third-order valence-electron chi connectivity index (χ3n) is 1.57. The lowest BCUT2D eigenvalue weighted by Gasteiger charge is -1.87. The van der Waals surface area contributed by atoms with Crippen LogP contribution in [0.4, 0.5) is 0 Å². The first-order chi connectivity index (χ1) is 6.33. The number of fused-ring (bicyclic) bond motifs is 1. The summed E-state index contributed by atoms with van der Waals surface area (Å²) >= 11 is 7.37. The van der Waals surface area contributed by atoms with Gasteiger partial charge in [-0.2, -0.15) is 5.26 Å². The fraction of sp³-hybridized carbons (Fsp3) is 0. The summed E-state index contributed by atoms with van der Waals surface area (Å²) in [6.07, 6.45) is 4.90. The number of hydrogen-bond acceptors (Lipinski definition) is 3. The number of nitrogens with zero attached hydrogens (tertiary/aromatic N) is 3. The number of thiazole rings is 1. The van der Waals surface area contributed by atoms with Gasteiger partial charge < -0.3 is 0 Å². The van der Waals surface area contributed by atoms with Crippen LogP contribution in [0.25, 0.3) is 11.0 Å². The van der Waals surface area contributed by atoms with Crippen LogP contribution in [0.1, 0.15) is 5.69 Å². The summed E-state index contributed by atoms with van der Waals surface area (Å²) in [6.45, 7) is 0. The SMILES string of the molecule is N#C/C=C/c1c(Cl)nc2sccn12. The number of allylic oxidation sites excluding steroid dienone is 1. The zero-order valence-corrected chi connectivity index (χ0v) is 8.01. The maximum atomic E-state index is 8.37. The first kappa shape index (κ1) is 8.30. The summed E-state index contributed by atoms with van der Waals surface area (Å²) in [5.74, 6) is 0. The second-order valence-electron chi connectivity index (χ2n) is 2.31. The summed E-state index contributed by atoms with van der Waals surface area (Å²) in [5.41, 5.74) is 0.750. The summed E-state index contributed by atoms with van der Waals surface area (Å²) in [7, 11) is 0. The molecular formula is C8H4ClN3S. The van der Waals surface area contributed by atoms with Crippen molar-refractivity contribution in [3.63, 3.8) is 0 Å². The van der Waals surface area contributed by atoms with E-state index in [0.29, 0.717) is 5.15 Å². The molecule has 2 aromatic rings. The fourth-order valence-corrected chi connectivity index (χ4v) is 2.05. The van der Waals surface area contributed by atoms with Crippen LogP contribution < -0.4 is 0 Å². The Labute approximate surface area is 83.5 Å². The van der Waals surface area contributed by atoms with Crippen molar-refractivity contribution in [1.29, 1.82) is 5.26 Å². The molecular weight excluding hydrogens is 206 g/mol. The minimum atomic E-state index is 0.429. The zero-order valence-electron chi connectivity index (χ0n) is 6.44. The van der Waals surface area contributed by atoms with Gasteiger partial charge in [0.05, 0.1) is 11.8 Å². The molecule has 64 valence electrons. The predicted octanol–water partition coefficient (Wildman–Crippen LogP) is 2.59. The molecule has 0 aliphatic heterocycles. The average Bonchev–Trinajstić information content (AvgIpc) is 2.62. The van der Waals surface area contributed by atoms with Crippen LogP contribution in [0.2, 0.25) is 5.15 Å². The first-order valence-corrected chi connectivity index (χ1v) is 4.76. The maximum Gasteiger partial charge on any atom is 0.195 e. The molecule has 3 nitrogen and oxygen atoms in total. The molecule has 0 amide bonds. The second-order valence-corrected chi connectivity index (χ2v) is 3.54. The lowest BCUT2D eigenvalue weighted by molar-refractivity contribution is 1.21. The van der Waals surface area contributed by atoms with E-state index in [1.54, 1.807) is 6.08 Å². The van der Waals surface area contributed by atoms with E-state index in [4.69, 9.17) is 16.9 Å². The van der Waals surface area contributed by atoms with Gasteiger partial charge in [-0.3, -0.25) is 4.40 Å². The van der Waals surface area contributed by atoms with Crippen LogP contribution in [0, 0.1) is 11.3 Å². The molecule has 0 radical (unpaired) electrons. The van der Waals surface area contributed by atoms with Crippen LogP contribution in [0.15, 0.2) is 17.7 Å². The standard InChI is InChI=1S/C8H4ClN3S/c9-7-6(2-1-3-10)12-4-5-13-8(12)11-7/h1-2,4-5H/b2-1+. The molecule has 0 fully saturated rings. The Balaban J connectivity index is 2.65. The van der Waals surface area contributed by atoms with Crippen molar-refractivity contribution in [1.82, 2.24) is 9.38 Å². The molecule has 0 saturated carbocycles. The van der Waals surface area contributed by atoms with Crippen molar-refractivity contribution in [3.8, 4) is 6.07 Å². The van der Waals surface area contributed by atoms with E-state index < -0.39 is 0 Å². The van der Waals surface area contributed by atoms with E-state index in [1.807, 2.05) is 22.0 Å². The Hall–Kier alpha value is -1.31. The van der Waals surface area contributed by atoms with Gasteiger partial charge in [-0.15, -0.1) is 11.3 Å². The molecule has 0 aromatic carbocycles. The Morgan fingerprint density at radius 2 is 2.54 bits per heavy atom. The summed E-state index contributed by atoms with van der Waals surface area (Å²) in [4.78, 5) is 4.95. The molecule has 2 rings (SSSR count). The van der Waals surface area contributed by atoms with Crippen LogP contribution in [0.5, 0.6) is 0 Å². The predicted molar refractivity (Wildman–Crippen MR) is 52.7 cm³/mol. The Morgan fingerprint density at radius 1 is 1.69 bits per heavy atom. The van der Waals surface area contributed by atoms with Crippen LogP contribution in [-0.2, 0) is 0 Å². The third kappa shape index (κ3) is 1.32. The van der Waals surface area contributed by atoms with E-state index >= 15 is 0 Å². The van der Waals surface area contributed by atoms with Crippen LogP contribution in [0.3, 0.4) is 0 Å². The molecule has 13 heavy (non-hydrogen) atoms. The van der Waals surface area contributed by atoms with Gasteiger partial charge in [0.15, 0.2) is 10.1 Å². The van der Waals surface area contributed by atoms with Gasteiger partial charge in [-0.1, -0.05) is 11.6 Å². The van der Waals surface area contributed by atoms with Gasteiger partial charge >= 0.3 is 0 Å². The van der Waals surface area contributed by atoms with Crippen molar-refractivity contribution < 1.29 is 0 Å². The normalized spacial score (nSPS) is 11.1. The first-order valence-electron chi connectivity index (χ1n) is 3.50. The van der Waals surface area contributed by atoms with Gasteiger partial charge in [-0.25, -0.2) is 4.98 Å². The number of nitriles is 1. The molecule has 0 atom stereocenters. The largest absolute Gasteiger partial charge is 0.289 e. The monoisotopic (exact) mass is 209 g/mol. The Morgan fingerprint density at radius 3 is 3.31 bits per heavy atom. The summed E-state index contributed by atoms with van der Waals surface area (Å²) in [5, 5.41) is 10.7. The highest BCUT2D eigenvalue weighted by atomic mass is 35.5. The number of hydrogen-bond donors (Lipinski definition) is 0. The number of imidazole rings is 1. The van der Waals surface area contributed by atoms with Crippen molar-refractivity contribution in [3.05, 3.63) is 28.5 Å². The molecule has 0 aliphatic rings. The quantitative estimate of drug-likeness (QED) is 0.678. The maximum absolute atomic E-state index is 8.37. The smallest absolute Gasteiger partial charge is 0.195 e. The minimum absolute atomic E-state index is 0.429. The number of aromatic nitrogens is 2. The molecule has 0 bridgehead atoms. The highest BCUT2D eigenvalue weighted by Crippen LogP contribution is 2.21. The van der Waals surface area contributed by atoms with Crippen molar-refractivity contribution in [2.24, 2.45) is 0 Å². The van der Waals surface area contributed by atoms with Gasteiger partial charge in [0, 0.05) is 17.7 Å². The van der Waals surface area contributed by atoms with Crippen LogP contribution in [-0.4, -0.2) is 9.38 Å². The van der Waals surface area contributed by atoms with E-state index in [2.05, 4.69) is 4.98 Å². The van der Waals surface area contributed by atoms with Crippen molar-refractivity contribution in [2.75, 3.05) is 0 Å². The molecule has 0 N–H and O–H groups in total. The molecule has 2 aromatic heterocycles. The second kappa shape index (κ2) is 3.21. The van der Waals surface area contributed by atoms with E-state index in [0.717, 1.165) is 10.7 Å². The zero-order chi connectivity index (χ0) is 9.26. The molecule has 0 spiro atoms. The van der Waals surface area contributed by atoms with Crippen molar-refractivity contribution >= 4 is 34.0 Å².